The number of hydrogen-bond donors (Lipinski definition) is 2. The average Bonchev–Trinajstić information content (AvgIpc) is 2.42. The third-order valence-electron chi connectivity index (χ3n) is 4.92. The predicted molar refractivity (Wildman–Crippen MR) is 79.2 cm³/mol. The van der Waals surface area contributed by atoms with Gasteiger partial charge in [0.25, 0.3) is 0 Å². The number of halogens is 1. The van der Waals surface area contributed by atoms with Crippen molar-refractivity contribution < 1.29 is 14.3 Å². The van der Waals surface area contributed by atoms with Crippen molar-refractivity contribution in [2.75, 3.05) is 12.4 Å². The van der Waals surface area contributed by atoms with E-state index >= 15 is 0 Å². The van der Waals surface area contributed by atoms with Gasteiger partial charge in [-0.25, -0.2) is 9.18 Å². The third-order valence-corrected chi connectivity index (χ3v) is 4.92. The summed E-state index contributed by atoms with van der Waals surface area (Å²) in [5, 5.41) is 12.1. The van der Waals surface area contributed by atoms with Crippen LogP contribution in [0.15, 0.2) is 18.2 Å². The monoisotopic (exact) mass is 292 g/mol. The molecule has 5 heteroatoms. The number of hydrogen-bond acceptors (Lipinski definition) is 3. The summed E-state index contributed by atoms with van der Waals surface area (Å²) in [6.07, 6.45) is 5.76. The minimum Gasteiger partial charge on any atom is -0.478 e. The van der Waals surface area contributed by atoms with Crippen molar-refractivity contribution in [3.8, 4) is 0 Å². The maximum atomic E-state index is 14.0. The molecule has 114 valence electrons. The first kappa shape index (κ1) is 14.3. The Bertz CT molecular complexity index is 535. The Hall–Kier alpha value is -1.62. The molecule has 2 bridgehead atoms. The first-order valence-electron chi connectivity index (χ1n) is 7.56. The Morgan fingerprint density at radius 2 is 2.00 bits per heavy atom. The zero-order chi connectivity index (χ0) is 15.0. The minimum atomic E-state index is -1.10. The van der Waals surface area contributed by atoms with Crippen molar-refractivity contribution >= 4 is 11.7 Å². The molecule has 2 unspecified atom stereocenters. The van der Waals surface area contributed by atoms with E-state index in [0.29, 0.717) is 17.8 Å². The quantitative estimate of drug-likeness (QED) is 0.899. The number of nitrogens with one attached hydrogen (secondary N) is 1. The molecule has 2 heterocycles. The zero-order valence-electron chi connectivity index (χ0n) is 12.2. The van der Waals surface area contributed by atoms with Crippen LogP contribution in [0.3, 0.4) is 0 Å². The summed E-state index contributed by atoms with van der Waals surface area (Å²) in [7, 11) is 2.19. The largest absolute Gasteiger partial charge is 0.478 e. The first-order valence-corrected chi connectivity index (χ1v) is 7.56. The van der Waals surface area contributed by atoms with Gasteiger partial charge in [0.2, 0.25) is 0 Å². The smallest absolute Gasteiger partial charge is 0.335 e. The van der Waals surface area contributed by atoms with Gasteiger partial charge in [0.05, 0.1) is 11.3 Å². The molecule has 0 aliphatic carbocycles. The van der Waals surface area contributed by atoms with Gasteiger partial charge in [-0.3, -0.25) is 0 Å². The van der Waals surface area contributed by atoms with E-state index in [0.717, 1.165) is 18.9 Å². The van der Waals surface area contributed by atoms with Crippen LogP contribution in [0.1, 0.15) is 42.5 Å². The van der Waals surface area contributed by atoms with Crippen LogP contribution in [0, 0.1) is 5.82 Å². The molecule has 2 atom stereocenters. The Balaban J connectivity index is 1.71. The van der Waals surface area contributed by atoms with Crippen LogP contribution < -0.4 is 5.32 Å². The van der Waals surface area contributed by atoms with E-state index in [1.165, 1.54) is 31.4 Å². The lowest BCUT2D eigenvalue weighted by Crippen LogP contribution is -2.52. The van der Waals surface area contributed by atoms with Gasteiger partial charge in [-0.05, 0) is 50.9 Å². The van der Waals surface area contributed by atoms with E-state index in [1.54, 1.807) is 0 Å². The van der Waals surface area contributed by atoms with Crippen LogP contribution in [0.25, 0.3) is 0 Å². The van der Waals surface area contributed by atoms with Crippen molar-refractivity contribution in [2.24, 2.45) is 0 Å². The molecule has 2 fully saturated rings. The molecule has 1 aromatic carbocycles. The van der Waals surface area contributed by atoms with Gasteiger partial charge >= 0.3 is 5.97 Å². The van der Waals surface area contributed by atoms with Crippen molar-refractivity contribution in [3.63, 3.8) is 0 Å². The number of carboxylic acid groups (broad SMARTS) is 1. The molecule has 0 amide bonds. The Kier molecular flexibility index (Phi) is 3.85. The summed E-state index contributed by atoms with van der Waals surface area (Å²) in [5.41, 5.74) is 0.394. The number of benzene rings is 1. The molecule has 2 N–H and O–H groups in total. The van der Waals surface area contributed by atoms with E-state index < -0.39 is 11.8 Å². The molecule has 1 aromatic rings. The molecule has 3 rings (SSSR count). The van der Waals surface area contributed by atoms with E-state index in [9.17, 15) is 9.18 Å². The molecule has 21 heavy (non-hydrogen) atoms. The van der Waals surface area contributed by atoms with Crippen LogP contribution in [0.2, 0.25) is 0 Å². The number of carboxylic acids is 1. The highest BCUT2D eigenvalue weighted by atomic mass is 19.1. The SMILES string of the molecule is CN1C2CCCC1CC(Nc1ccc(C(=O)O)cc1F)C2. The lowest BCUT2D eigenvalue weighted by Gasteiger charge is -2.47. The predicted octanol–water partition coefficient (Wildman–Crippen LogP) is 2.95. The molecule has 2 aliphatic rings. The summed E-state index contributed by atoms with van der Waals surface area (Å²) in [6.45, 7) is 0. The minimum absolute atomic E-state index is 0.0155. The number of piperidine rings is 2. The van der Waals surface area contributed by atoms with Crippen LogP contribution in [0.4, 0.5) is 10.1 Å². The van der Waals surface area contributed by atoms with Gasteiger partial charge in [0, 0.05) is 18.1 Å². The number of rotatable bonds is 3. The summed E-state index contributed by atoms with van der Waals surface area (Å²) >= 11 is 0. The van der Waals surface area contributed by atoms with Gasteiger partial charge < -0.3 is 15.3 Å². The fraction of sp³-hybridized carbons (Fsp3) is 0.562. The maximum Gasteiger partial charge on any atom is 0.335 e. The third kappa shape index (κ3) is 2.88. The molecule has 0 spiro atoms. The number of fused-ring (bicyclic) bond motifs is 2. The topological polar surface area (TPSA) is 52.6 Å². The number of nitrogens with zero attached hydrogens (tertiary/aromatic N) is 1. The van der Waals surface area contributed by atoms with Crippen LogP contribution in [-0.2, 0) is 0 Å². The van der Waals surface area contributed by atoms with Gasteiger partial charge in [0.15, 0.2) is 0 Å². The van der Waals surface area contributed by atoms with Gasteiger partial charge in [-0.1, -0.05) is 6.42 Å². The van der Waals surface area contributed by atoms with E-state index in [4.69, 9.17) is 5.11 Å². The highest BCUT2D eigenvalue weighted by Gasteiger charge is 2.36. The number of anilines is 1. The Morgan fingerprint density at radius 1 is 1.33 bits per heavy atom. The van der Waals surface area contributed by atoms with Crippen molar-refractivity contribution in [1.29, 1.82) is 0 Å². The second-order valence-electron chi connectivity index (χ2n) is 6.22. The van der Waals surface area contributed by atoms with Crippen LogP contribution >= 0.6 is 0 Å². The fourth-order valence-corrected chi connectivity index (χ4v) is 3.72. The standard InChI is InChI=1S/C16H21FN2O2/c1-19-12-3-2-4-13(19)9-11(8-12)18-15-6-5-10(16(20)21)7-14(15)17/h5-7,11-13,18H,2-4,8-9H2,1H3,(H,20,21). The summed E-state index contributed by atoms with van der Waals surface area (Å²) in [4.78, 5) is 13.3. The zero-order valence-corrected chi connectivity index (χ0v) is 12.2. The van der Waals surface area contributed by atoms with Crippen molar-refractivity contribution in [3.05, 3.63) is 29.6 Å². The molecular formula is C16H21FN2O2. The first-order chi connectivity index (χ1) is 10.0. The number of carbonyl (C=O) groups is 1. The highest BCUT2D eigenvalue weighted by Crippen LogP contribution is 2.34. The summed E-state index contributed by atoms with van der Waals surface area (Å²) < 4.78 is 14.0. The second kappa shape index (κ2) is 5.64. The molecule has 4 nitrogen and oxygen atoms in total. The van der Waals surface area contributed by atoms with Gasteiger partial charge in [-0.15, -0.1) is 0 Å². The van der Waals surface area contributed by atoms with E-state index in [-0.39, 0.29) is 11.6 Å². The molecule has 0 radical (unpaired) electrons. The molecule has 2 aliphatic heterocycles. The van der Waals surface area contributed by atoms with Crippen LogP contribution in [0.5, 0.6) is 0 Å². The molecule has 0 saturated carbocycles. The molecular weight excluding hydrogens is 271 g/mol. The van der Waals surface area contributed by atoms with Crippen molar-refractivity contribution in [2.45, 2.75) is 50.2 Å². The van der Waals surface area contributed by atoms with Gasteiger partial charge in [0.1, 0.15) is 5.82 Å². The summed E-state index contributed by atoms with van der Waals surface area (Å²) in [6, 6.07) is 5.49. The number of aromatic carboxylic acids is 1. The highest BCUT2D eigenvalue weighted by molar-refractivity contribution is 5.88. The Labute approximate surface area is 124 Å². The van der Waals surface area contributed by atoms with E-state index in [2.05, 4.69) is 17.3 Å². The van der Waals surface area contributed by atoms with Crippen molar-refractivity contribution in [1.82, 2.24) is 4.90 Å². The fourth-order valence-electron chi connectivity index (χ4n) is 3.72. The summed E-state index contributed by atoms with van der Waals surface area (Å²) in [5.74, 6) is -1.59. The average molecular weight is 292 g/mol. The van der Waals surface area contributed by atoms with Gasteiger partial charge in [-0.2, -0.15) is 0 Å². The lowest BCUT2D eigenvalue weighted by atomic mass is 9.82. The molecule has 0 aromatic heterocycles. The normalized spacial score (nSPS) is 29.1. The lowest BCUT2D eigenvalue weighted by molar-refractivity contribution is 0.0608. The van der Waals surface area contributed by atoms with E-state index in [1.807, 2.05) is 0 Å². The second-order valence-corrected chi connectivity index (χ2v) is 6.22. The maximum absolute atomic E-state index is 14.0. The molecule has 2 saturated heterocycles. The van der Waals surface area contributed by atoms with Crippen LogP contribution in [-0.4, -0.2) is 41.1 Å². The Morgan fingerprint density at radius 3 is 2.57 bits per heavy atom.